The fourth-order valence-corrected chi connectivity index (χ4v) is 5.73. The van der Waals surface area contributed by atoms with Gasteiger partial charge in [0.25, 0.3) is 0 Å². The second-order valence-corrected chi connectivity index (χ2v) is 9.25. The zero-order chi connectivity index (χ0) is 23.7. The lowest BCUT2D eigenvalue weighted by molar-refractivity contribution is -0.149. The van der Waals surface area contributed by atoms with E-state index in [9.17, 15) is 14.4 Å². The smallest absolute Gasteiger partial charge is 0.336 e. The maximum Gasteiger partial charge on any atom is 0.336 e. The molecule has 3 atom stereocenters. The van der Waals surface area contributed by atoms with E-state index in [0.29, 0.717) is 23.3 Å². The predicted molar refractivity (Wildman–Crippen MR) is 126 cm³/mol. The Hall–Kier alpha value is -3.19. The van der Waals surface area contributed by atoms with Gasteiger partial charge in [-0.15, -0.1) is 11.3 Å². The van der Waals surface area contributed by atoms with Gasteiger partial charge in [-0.05, 0) is 42.3 Å². The topological polar surface area (TPSA) is 81.7 Å². The van der Waals surface area contributed by atoms with Crippen molar-refractivity contribution < 1.29 is 23.9 Å². The maximum atomic E-state index is 14.0. The molecule has 1 N–H and O–H groups in total. The van der Waals surface area contributed by atoms with Gasteiger partial charge < -0.3 is 14.8 Å². The van der Waals surface area contributed by atoms with Gasteiger partial charge in [0.05, 0.1) is 19.8 Å². The number of hydrogen-bond donors (Lipinski definition) is 1. The van der Waals surface area contributed by atoms with Crippen molar-refractivity contribution in [1.82, 2.24) is 5.32 Å². The quantitative estimate of drug-likeness (QED) is 0.525. The van der Waals surface area contributed by atoms with E-state index in [1.807, 2.05) is 48.7 Å². The average molecular weight is 466 g/mol. The third kappa shape index (κ3) is 4.02. The number of Topliss-reactive ketones (excluding diaryl/α,β-unsaturated/α-hetero) is 1. The lowest BCUT2D eigenvalue weighted by Crippen LogP contribution is -2.43. The first-order chi connectivity index (χ1) is 15.9. The van der Waals surface area contributed by atoms with E-state index in [4.69, 9.17) is 9.47 Å². The summed E-state index contributed by atoms with van der Waals surface area (Å²) in [5.74, 6) is -3.29. The molecule has 0 fully saturated rings. The summed E-state index contributed by atoms with van der Waals surface area (Å²) in [5, 5.41) is 5.23. The molecule has 2 aromatic rings. The van der Waals surface area contributed by atoms with E-state index in [2.05, 4.69) is 12.2 Å². The lowest BCUT2D eigenvalue weighted by Gasteiger charge is -2.39. The molecule has 33 heavy (non-hydrogen) atoms. The van der Waals surface area contributed by atoms with Gasteiger partial charge in [-0.3, -0.25) is 9.59 Å². The molecule has 1 aromatic heterocycles. The van der Waals surface area contributed by atoms with Crippen LogP contribution in [0.1, 0.15) is 48.1 Å². The lowest BCUT2D eigenvalue weighted by atomic mass is 9.68. The zero-order valence-corrected chi connectivity index (χ0v) is 20.0. The molecule has 0 spiro atoms. The largest absolute Gasteiger partial charge is 0.468 e. The summed E-state index contributed by atoms with van der Waals surface area (Å²) in [6.45, 7) is 3.89. The van der Waals surface area contributed by atoms with Crippen molar-refractivity contribution >= 4 is 29.1 Å². The van der Waals surface area contributed by atoms with Gasteiger partial charge in [-0.1, -0.05) is 37.3 Å². The van der Waals surface area contributed by atoms with E-state index in [1.54, 1.807) is 0 Å². The number of nitrogens with one attached hydrogen (secondary N) is 1. The molecule has 1 aliphatic heterocycles. The third-order valence-corrected chi connectivity index (χ3v) is 7.51. The number of esters is 2. The Morgan fingerprint density at radius 1 is 1.12 bits per heavy atom. The fourth-order valence-electron chi connectivity index (χ4n) is 4.86. The summed E-state index contributed by atoms with van der Waals surface area (Å²) in [7, 11) is 2.63. The molecule has 0 radical (unpaired) electrons. The summed E-state index contributed by atoms with van der Waals surface area (Å²) in [6.07, 6.45) is 1.35. The molecule has 2 heterocycles. The van der Waals surface area contributed by atoms with E-state index in [1.165, 1.54) is 25.6 Å². The number of rotatable bonds is 5. The van der Waals surface area contributed by atoms with Crippen molar-refractivity contribution in [2.75, 3.05) is 14.2 Å². The van der Waals surface area contributed by atoms with Gasteiger partial charge >= 0.3 is 11.9 Å². The zero-order valence-electron chi connectivity index (χ0n) is 19.1. The Morgan fingerprint density at radius 2 is 1.85 bits per heavy atom. The Morgan fingerprint density at radius 3 is 2.42 bits per heavy atom. The van der Waals surface area contributed by atoms with Crippen LogP contribution < -0.4 is 5.32 Å². The molecule has 1 aliphatic carbocycles. The van der Waals surface area contributed by atoms with Gasteiger partial charge in [0.1, 0.15) is 5.92 Å². The van der Waals surface area contributed by atoms with Gasteiger partial charge in [0.2, 0.25) is 0 Å². The molecule has 172 valence electrons. The Balaban J connectivity index is 1.89. The van der Waals surface area contributed by atoms with Crippen LogP contribution >= 0.6 is 11.3 Å². The number of dihydropyridines is 1. The van der Waals surface area contributed by atoms with Crippen molar-refractivity contribution in [1.29, 1.82) is 0 Å². The van der Waals surface area contributed by atoms with Crippen LogP contribution in [-0.2, 0) is 30.3 Å². The summed E-state index contributed by atoms with van der Waals surface area (Å²) in [5.41, 5.74) is 4.18. The van der Waals surface area contributed by atoms with Crippen molar-refractivity contribution in [3.8, 4) is 0 Å². The first kappa shape index (κ1) is 23.0. The third-order valence-electron chi connectivity index (χ3n) is 6.51. The SMILES string of the molecule is CCc1ccc(C2C(C(=O)OC)=C(C)NC3=C2C(=O)C(C(=O)OC)C(c2cccs2)C3)cc1. The number of carbonyl (C=O) groups is 3. The number of methoxy groups -OCH3 is 2. The molecule has 2 aliphatic rings. The van der Waals surface area contributed by atoms with E-state index in [-0.39, 0.29) is 11.7 Å². The number of benzene rings is 1. The second-order valence-electron chi connectivity index (χ2n) is 8.27. The Labute approximate surface area is 197 Å². The molecule has 0 saturated carbocycles. The Kier molecular flexibility index (Phi) is 6.51. The van der Waals surface area contributed by atoms with Crippen LogP contribution in [0.3, 0.4) is 0 Å². The van der Waals surface area contributed by atoms with Crippen molar-refractivity contribution in [2.45, 2.75) is 38.5 Å². The Bertz CT molecular complexity index is 1140. The minimum Gasteiger partial charge on any atom is -0.468 e. The molecule has 4 rings (SSSR count). The predicted octanol–water partition coefficient (Wildman–Crippen LogP) is 4.24. The second kappa shape index (κ2) is 9.35. The van der Waals surface area contributed by atoms with Crippen molar-refractivity contribution in [3.63, 3.8) is 0 Å². The molecule has 6 nitrogen and oxygen atoms in total. The standard InChI is InChI=1S/C26H27NO5S/c1-5-15-8-10-16(11-9-15)21-20(25(29)31-3)14(2)27-18-13-17(19-7-6-12-33-19)22(26(30)32-4)24(28)23(18)21/h6-12,17,21-22,27H,5,13H2,1-4H3. The molecule has 0 amide bonds. The van der Waals surface area contributed by atoms with Gasteiger partial charge in [-0.25, -0.2) is 4.79 Å². The van der Waals surface area contributed by atoms with Crippen LogP contribution in [0.15, 0.2) is 64.3 Å². The monoisotopic (exact) mass is 465 g/mol. The highest BCUT2D eigenvalue weighted by molar-refractivity contribution is 7.10. The first-order valence-corrected chi connectivity index (χ1v) is 11.8. The molecule has 7 heteroatoms. The normalized spacial score (nSPS) is 22.5. The minimum absolute atomic E-state index is 0.313. The number of ketones is 1. The van der Waals surface area contributed by atoms with Crippen LogP contribution in [0.4, 0.5) is 0 Å². The van der Waals surface area contributed by atoms with Crippen molar-refractivity contribution in [2.24, 2.45) is 5.92 Å². The van der Waals surface area contributed by atoms with Crippen LogP contribution in [0.25, 0.3) is 0 Å². The number of ether oxygens (including phenoxy) is 2. The van der Waals surface area contributed by atoms with Crippen LogP contribution in [0.5, 0.6) is 0 Å². The molecule has 0 saturated heterocycles. The van der Waals surface area contributed by atoms with Gasteiger partial charge in [-0.2, -0.15) is 0 Å². The van der Waals surface area contributed by atoms with E-state index >= 15 is 0 Å². The number of allylic oxidation sites excluding steroid dienone is 3. The summed E-state index contributed by atoms with van der Waals surface area (Å²) in [4.78, 5) is 40.6. The number of aryl methyl sites for hydroxylation is 1. The van der Waals surface area contributed by atoms with Crippen LogP contribution in [0.2, 0.25) is 0 Å². The number of thiophene rings is 1. The summed E-state index contributed by atoms with van der Waals surface area (Å²) < 4.78 is 10.1. The molecule has 0 bridgehead atoms. The number of carbonyl (C=O) groups excluding carboxylic acids is 3. The molecular formula is C26H27NO5S. The van der Waals surface area contributed by atoms with Gasteiger partial charge in [0, 0.05) is 33.7 Å². The molecule has 1 aromatic carbocycles. The summed E-state index contributed by atoms with van der Waals surface area (Å²) >= 11 is 1.52. The van der Waals surface area contributed by atoms with Crippen LogP contribution in [-0.4, -0.2) is 31.9 Å². The van der Waals surface area contributed by atoms with Crippen molar-refractivity contribution in [3.05, 3.63) is 80.3 Å². The highest BCUT2D eigenvalue weighted by atomic mass is 32.1. The van der Waals surface area contributed by atoms with Gasteiger partial charge in [0.15, 0.2) is 5.78 Å². The highest BCUT2D eigenvalue weighted by Gasteiger charge is 2.49. The molecular weight excluding hydrogens is 438 g/mol. The maximum absolute atomic E-state index is 14.0. The average Bonchev–Trinajstić information content (AvgIpc) is 3.37. The first-order valence-electron chi connectivity index (χ1n) is 10.9. The highest BCUT2D eigenvalue weighted by Crippen LogP contribution is 2.48. The van der Waals surface area contributed by atoms with E-state index < -0.39 is 23.8 Å². The van der Waals surface area contributed by atoms with E-state index in [0.717, 1.165) is 28.1 Å². The molecule has 3 unspecified atom stereocenters. The fraction of sp³-hybridized carbons (Fsp3) is 0.346. The summed E-state index contributed by atoms with van der Waals surface area (Å²) in [6, 6.07) is 11.7. The van der Waals surface area contributed by atoms with Crippen LogP contribution in [0, 0.1) is 5.92 Å². The minimum atomic E-state index is -0.969. The number of hydrogen-bond acceptors (Lipinski definition) is 7.